The van der Waals surface area contributed by atoms with Gasteiger partial charge in [-0.15, -0.1) is 0 Å². The second-order valence-corrected chi connectivity index (χ2v) is 8.27. The minimum absolute atomic E-state index is 0.177. The number of carbonyl (C=O) groups excluding carboxylic acids is 3. The van der Waals surface area contributed by atoms with Gasteiger partial charge in [-0.1, -0.05) is 70.9 Å². The van der Waals surface area contributed by atoms with E-state index in [9.17, 15) is 14.4 Å². The van der Waals surface area contributed by atoms with Gasteiger partial charge in [0.1, 0.15) is 5.75 Å². The molecule has 0 spiro atoms. The van der Waals surface area contributed by atoms with Crippen molar-refractivity contribution in [3.63, 3.8) is 0 Å². The van der Waals surface area contributed by atoms with E-state index < -0.39 is 11.9 Å². The predicted octanol–water partition coefficient (Wildman–Crippen LogP) is 6.92. The first-order valence-electron chi connectivity index (χ1n) is 12.2. The maximum absolute atomic E-state index is 12.8. The van der Waals surface area contributed by atoms with E-state index in [0.717, 1.165) is 12.2 Å². The number of ether oxygens (including phenoxy) is 2. The van der Waals surface area contributed by atoms with Crippen LogP contribution in [0.3, 0.4) is 0 Å². The van der Waals surface area contributed by atoms with Crippen molar-refractivity contribution in [3.05, 3.63) is 65.2 Å². The Balaban J connectivity index is 1.81. The van der Waals surface area contributed by atoms with Crippen molar-refractivity contribution in [2.24, 2.45) is 0 Å². The summed E-state index contributed by atoms with van der Waals surface area (Å²) in [6.45, 7) is 4.73. The Bertz CT molecular complexity index is 885. The molecule has 0 aliphatic heterocycles. The molecule has 5 nitrogen and oxygen atoms in total. The lowest BCUT2D eigenvalue weighted by molar-refractivity contribution is -0.137. The standard InChI is InChI=1S/C28H36O5/c1-3-5-6-7-8-9-10-11-20-32-25-18-16-22(17-19-25)27(30)23-14-12-15-24(21-23)28(31)33-26(29)13-4-2/h12,14-19,21H,3-11,13,20H2,1-2H3. The molecular weight excluding hydrogens is 416 g/mol. The minimum atomic E-state index is -0.743. The molecule has 0 aromatic heterocycles. The van der Waals surface area contributed by atoms with Gasteiger partial charge < -0.3 is 9.47 Å². The summed E-state index contributed by atoms with van der Waals surface area (Å²) in [5.74, 6) is -0.782. The highest BCUT2D eigenvalue weighted by atomic mass is 16.6. The van der Waals surface area contributed by atoms with Gasteiger partial charge in [0.15, 0.2) is 5.78 Å². The minimum Gasteiger partial charge on any atom is -0.494 e. The molecular formula is C28H36O5. The van der Waals surface area contributed by atoms with Crippen LogP contribution in [-0.4, -0.2) is 24.3 Å². The summed E-state index contributed by atoms with van der Waals surface area (Å²) >= 11 is 0. The number of unbranched alkanes of at least 4 members (excludes halogenated alkanes) is 7. The van der Waals surface area contributed by atoms with Crippen LogP contribution in [-0.2, 0) is 9.53 Å². The highest BCUT2D eigenvalue weighted by Gasteiger charge is 2.15. The fourth-order valence-corrected chi connectivity index (χ4v) is 3.50. The number of hydrogen-bond donors (Lipinski definition) is 0. The average Bonchev–Trinajstić information content (AvgIpc) is 2.83. The average molecular weight is 453 g/mol. The Labute approximate surface area is 197 Å². The molecule has 178 valence electrons. The first-order valence-corrected chi connectivity index (χ1v) is 12.2. The van der Waals surface area contributed by atoms with Crippen molar-refractivity contribution in [2.45, 2.75) is 78.1 Å². The van der Waals surface area contributed by atoms with Crippen LogP contribution in [0.25, 0.3) is 0 Å². The van der Waals surface area contributed by atoms with Gasteiger partial charge in [0.05, 0.1) is 12.2 Å². The molecule has 0 heterocycles. The number of carbonyl (C=O) groups is 3. The Hall–Kier alpha value is -2.95. The SMILES string of the molecule is CCCCCCCCCCOc1ccc(C(=O)c2cccc(C(=O)OC(=O)CCC)c2)cc1. The van der Waals surface area contributed by atoms with Gasteiger partial charge in [0.2, 0.25) is 0 Å². The van der Waals surface area contributed by atoms with Gasteiger partial charge in [-0.25, -0.2) is 4.79 Å². The molecule has 0 radical (unpaired) electrons. The van der Waals surface area contributed by atoms with Gasteiger partial charge in [0.25, 0.3) is 0 Å². The number of benzene rings is 2. The molecule has 0 N–H and O–H groups in total. The van der Waals surface area contributed by atoms with E-state index in [4.69, 9.17) is 9.47 Å². The lowest BCUT2D eigenvalue weighted by atomic mass is 10.0. The van der Waals surface area contributed by atoms with Gasteiger partial charge in [0, 0.05) is 17.5 Å². The molecule has 0 amide bonds. The van der Waals surface area contributed by atoms with E-state index in [-0.39, 0.29) is 17.8 Å². The highest BCUT2D eigenvalue weighted by molar-refractivity contribution is 6.10. The second-order valence-electron chi connectivity index (χ2n) is 8.27. The fourth-order valence-electron chi connectivity index (χ4n) is 3.50. The molecule has 0 saturated heterocycles. The topological polar surface area (TPSA) is 69.7 Å². The summed E-state index contributed by atoms with van der Waals surface area (Å²) in [5.41, 5.74) is 1.04. The van der Waals surface area contributed by atoms with Gasteiger partial charge >= 0.3 is 11.9 Å². The van der Waals surface area contributed by atoms with Crippen LogP contribution in [0.4, 0.5) is 0 Å². The van der Waals surface area contributed by atoms with E-state index in [0.29, 0.717) is 24.2 Å². The maximum atomic E-state index is 12.8. The zero-order chi connectivity index (χ0) is 23.9. The number of hydrogen-bond acceptors (Lipinski definition) is 5. The van der Waals surface area contributed by atoms with E-state index in [1.807, 2.05) is 6.92 Å². The van der Waals surface area contributed by atoms with Crippen molar-refractivity contribution in [1.82, 2.24) is 0 Å². The van der Waals surface area contributed by atoms with Crippen molar-refractivity contribution in [2.75, 3.05) is 6.61 Å². The summed E-state index contributed by atoms with van der Waals surface area (Å²) in [6, 6.07) is 13.3. The van der Waals surface area contributed by atoms with Crippen LogP contribution in [0.1, 0.15) is 104 Å². The molecule has 2 aromatic rings. The second kappa shape index (κ2) is 15.0. The van der Waals surface area contributed by atoms with E-state index in [1.165, 1.54) is 57.1 Å². The van der Waals surface area contributed by atoms with Crippen molar-refractivity contribution < 1.29 is 23.9 Å². The van der Waals surface area contributed by atoms with Crippen molar-refractivity contribution in [1.29, 1.82) is 0 Å². The van der Waals surface area contributed by atoms with Crippen LogP contribution in [0.2, 0.25) is 0 Å². The molecule has 5 heteroatoms. The number of rotatable bonds is 15. The van der Waals surface area contributed by atoms with Crippen LogP contribution in [0.15, 0.2) is 48.5 Å². The summed E-state index contributed by atoms with van der Waals surface area (Å²) in [6.07, 6.45) is 10.8. The molecule has 2 rings (SSSR count). The third kappa shape index (κ3) is 9.60. The van der Waals surface area contributed by atoms with Gasteiger partial charge in [-0.2, -0.15) is 0 Å². The normalized spacial score (nSPS) is 10.6. The first-order chi connectivity index (χ1) is 16.0. The smallest absolute Gasteiger partial charge is 0.345 e. The van der Waals surface area contributed by atoms with Crippen molar-refractivity contribution in [3.8, 4) is 5.75 Å². The van der Waals surface area contributed by atoms with E-state index in [1.54, 1.807) is 36.4 Å². The predicted molar refractivity (Wildman–Crippen MR) is 130 cm³/mol. The molecule has 0 aliphatic carbocycles. The quantitative estimate of drug-likeness (QED) is 0.127. The Kier molecular flexibility index (Phi) is 11.9. The lowest BCUT2D eigenvalue weighted by Gasteiger charge is -2.08. The zero-order valence-corrected chi connectivity index (χ0v) is 19.9. The van der Waals surface area contributed by atoms with Crippen molar-refractivity contribution >= 4 is 17.7 Å². The summed E-state index contributed by atoms with van der Waals surface area (Å²) in [5, 5.41) is 0. The molecule has 2 aromatic carbocycles. The molecule has 0 saturated carbocycles. The Morgan fingerprint density at radius 3 is 2.00 bits per heavy atom. The number of ketones is 1. The molecule has 0 aliphatic rings. The Morgan fingerprint density at radius 2 is 1.33 bits per heavy atom. The number of esters is 2. The molecule has 33 heavy (non-hydrogen) atoms. The van der Waals surface area contributed by atoms with Crippen LogP contribution >= 0.6 is 0 Å². The molecule has 0 atom stereocenters. The zero-order valence-electron chi connectivity index (χ0n) is 19.9. The maximum Gasteiger partial charge on any atom is 0.345 e. The van der Waals surface area contributed by atoms with Gasteiger partial charge in [-0.05, 0) is 49.2 Å². The van der Waals surface area contributed by atoms with Crippen LogP contribution in [0, 0.1) is 0 Å². The molecule has 0 unspecified atom stereocenters. The monoisotopic (exact) mass is 452 g/mol. The fraction of sp³-hybridized carbons (Fsp3) is 0.464. The third-order valence-corrected chi connectivity index (χ3v) is 5.40. The van der Waals surface area contributed by atoms with Crippen LogP contribution in [0.5, 0.6) is 5.75 Å². The Morgan fingerprint density at radius 1 is 0.697 bits per heavy atom. The molecule has 0 bridgehead atoms. The lowest BCUT2D eigenvalue weighted by Crippen LogP contribution is -2.13. The van der Waals surface area contributed by atoms with Crippen LogP contribution < -0.4 is 4.74 Å². The van der Waals surface area contributed by atoms with E-state index >= 15 is 0 Å². The summed E-state index contributed by atoms with van der Waals surface area (Å²) < 4.78 is 10.6. The summed E-state index contributed by atoms with van der Waals surface area (Å²) in [7, 11) is 0. The third-order valence-electron chi connectivity index (χ3n) is 5.40. The van der Waals surface area contributed by atoms with E-state index in [2.05, 4.69) is 6.92 Å². The van der Waals surface area contributed by atoms with Gasteiger partial charge in [-0.3, -0.25) is 9.59 Å². The summed E-state index contributed by atoms with van der Waals surface area (Å²) in [4.78, 5) is 36.5. The largest absolute Gasteiger partial charge is 0.494 e. The highest BCUT2D eigenvalue weighted by Crippen LogP contribution is 2.18. The molecule has 0 fully saturated rings. The first kappa shape index (κ1) is 26.3.